The van der Waals surface area contributed by atoms with Gasteiger partial charge in [0, 0.05) is 31.8 Å². The Bertz CT molecular complexity index is 807. The highest BCUT2D eigenvalue weighted by Gasteiger charge is 2.25. The van der Waals surface area contributed by atoms with Gasteiger partial charge in [-0.3, -0.25) is 4.79 Å². The van der Waals surface area contributed by atoms with Gasteiger partial charge in [0.25, 0.3) is 6.43 Å². The normalized spacial score (nSPS) is 15.6. The molecule has 28 heavy (non-hydrogen) atoms. The van der Waals surface area contributed by atoms with Gasteiger partial charge < -0.3 is 15.3 Å². The third kappa shape index (κ3) is 5.69. The van der Waals surface area contributed by atoms with Crippen molar-refractivity contribution in [3.63, 3.8) is 0 Å². The van der Waals surface area contributed by atoms with Gasteiger partial charge in [-0.1, -0.05) is 24.3 Å². The summed E-state index contributed by atoms with van der Waals surface area (Å²) in [5.74, 6) is 0.524. The Balaban J connectivity index is 0.00000136. The maximum atomic E-state index is 12.5. The van der Waals surface area contributed by atoms with E-state index in [1.807, 2.05) is 11.0 Å². The zero-order valence-corrected chi connectivity index (χ0v) is 15.3. The molecule has 1 atom stereocenters. The Morgan fingerprint density at radius 2 is 2.00 bits per heavy atom. The van der Waals surface area contributed by atoms with Crippen LogP contribution in [0, 0.1) is 11.3 Å². The highest BCUT2D eigenvalue weighted by Crippen LogP contribution is 2.19. The number of nitriles is 1. The van der Waals surface area contributed by atoms with Crippen LogP contribution in [0.4, 0.5) is 14.6 Å². The van der Waals surface area contributed by atoms with Gasteiger partial charge in [0.15, 0.2) is 11.5 Å². The van der Waals surface area contributed by atoms with E-state index < -0.39 is 6.43 Å². The number of hydrogen-bond donors (Lipinski definition) is 2. The molecular weight excluding hydrogens is 368 g/mol. The minimum absolute atomic E-state index is 0.0136. The third-order valence-electron chi connectivity index (χ3n) is 4.24. The maximum absolute atomic E-state index is 12.5. The molecule has 1 unspecified atom stereocenters. The lowest BCUT2D eigenvalue weighted by molar-refractivity contribution is -0.121. The fourth-order valence-electron chi connectivity index (χ4n) is 2.88. The van der Waals surface area contributed by atoms with Gasteiger partial charge in [-0.05, 0) is 24.1 Å². The number of anilines is 1. The highest BCUT2D eigenvalue weighted by molar-refractivity contribution is 5.79. The van der Waals surface area contributed by atoms with Crippen molar-refractivity contribution in [3.8, 4) is 6.07 Å². The number of rotatable bonds is 5. The molecule has 0 aliphatic carbocycles. The predicted octanol–water partition coefficient (Wildman–Crippen LogP) is 1.83. The quantitative estimate of drug-likeness (QED) is 0.809. The average molecular weight is 389 g/mol. The topological polar surface area (TPSA) is 102 Å². The van der Waals surface area contributed by atoms with Crippen LogP contribution in [0.2, 0.25) is 0 Å². The van der Waals surface area contributed by atoms with Crippen molar-refractivity contribution in [2.24, 2.45) is 0 Å². The van der Waals surface area contributed by atoms with E-state index in [0.717, 1.165) is 20.1 Å². The minimum atomic E-state index is -2.51. The first kappa shape index (κ1) is 21.2. The number of nitrogens with zero attached hydrogens (tertiary/aromatic N) is 4. The van der Waals surface area contributed by atoms with Gasteiger partial charge in [0.2, 0.25) is 5.91 Å². The van der Waals surface area contributed by atoms with Crippen LogP contribution in [0.25, 0.3) is 0 Å². The molecule has 1 fully saturated rings. The van der Waals surface area contributed by atoms with Crippen molar-refractivity contribution in [1.82, 2.24) is 15.5 Å². The molecule has 2 heterocycles. The van der Waals surface area contributed by atoms with Crippen molar-refractivity contribution in [2.75, 3.05) is 25.1 Å². The van der Waals surface area contributed by atoms with Crippen molar-refractivity contribution < 1.29 is 18.7 Å². The summed E-state index contributed by atoms with van der Waals surface area (Å²) in [6.07, 6.45) is -1.58. The van der Waals surface area contributed by atoms with Crippen molar-refractivity contribution in [3.05, 3.63) is 53.2 Å². The number of aliphatic hydroxyl groups is 1. The molecule has 0 spiro atoms. The largest absolute Gasteiger partial charge is 0.400 e. The molecule has 3 rings (SSSR count). The van der Waals surface area contributed by atoms with Crippen molar-refractivity contribution in [1.29, 1.82) is 5.26 Å². The smallest absolute Gasteiger partial charge is 0.263 e. The van der Waals surface area contributed by atoms with E-state index in [0.29, 0.717) is 17.9 Å². The second-order valence-corrected chi connectivity index (χ2v) is 6.11. The molecule has 148 valence electrons. The molecule has 1 saturated heterocycles. The van der Waals surface area contributed by atoms with Gasteiger partial charge in [0.1, 0.15) is 6.07 Å². The molecule has 1 aromatic heterocycles. The summed E-state index contributed by atoms with van der Waals surface area (Å²) >= 11 is 0. The summed E-state index contributed by atoms with van der Waals surface area (Å²) in [7, 11) is 1.00. The lowest BCUT2D eigenvalue weighted by Crippen LogP contribution is -2.38. The van der Waals surface area contributed by atoms with E-state index in [9.17, 15) is 13.6 Å². The third-order valence-corrected chi connectivity index (χ3v) is 4.24. The van der Waals surface area contributed by atoms with E-state index >= 15 is 0 Å². The lowest BCUT2D eigenvalue weighted by Gasteiger charge is -2.17. The Morgan fingerprint density at radius 1 is 1.29 bits per heavy atom. The Labute approximate surface area is 161 Å². The minimum Gasteiger partial charge on any atom is -0.400 e. The maximum Gasteiger partial charge on any atom is 0.263 e. The first-order chi connectivity index (χ1) is 13.5. The van der Waals surface area contributed by atoms with Crippen molar-refractivity contribution in [2.45, 2.75) is 25.3 Å². The lowest BCUT2D eigenvalue weighted by atomic mass is 10.1. The summed E-state index contributed by atoms with van der Waals surface area (Å²) in [6, 6.07) is 11.0. The standard InChI is InChI=1S/C18H17F2N5O.CH4O/c19-18(20)13-3-1-12(2-4-13)9-17(26)22-15-7-8-25(11-15)16-6-5-14(10-21)23-24-16;1-2/h1-6,15,18H,7-9,11H2,(H,22,26);2H,1H3. The Morgan fingerprint density at radius 3 is 2.57 bits per heavy atom. The molecule has 9 heteroatoms. The van der Waals surface area contributed by atoms with Crippen LogP contribution >= 0.6 is 0 Å². The van der Waals surface area contributed by atoms with Crippen LogP contribution in [0.1, 0.15) is 29.7 Å². The summed E-state index contributed by atoms with van der Waals surface area (Å²) in [5, 5.41) is 26.5. The number of aromatic nitrogens is 2. The fraction of sp³-hybridized carbons (Fsp3) is 0.368. The zero-order chi connectivity index (χ0) is 20.5. The average Bonchev–Trinajstić information content (AvgIpc) is 3.18. The van der Waals surface area contributed by atoms with Crippen LogP contribution in [0.5, 0.6) is 0 Å². The van der Waals surface area contributed by atoms with E-state index in [2.05, 4.69) is 15.5 Å². The molecule has 1 aromatic carbocycles. The SMILES string of the molecule is CO.N#Cc1ccc(N2CCC(NC(=O)Cc3ccc(C(F)F)cc3)C2)nn1. The van der Waals surface area contributed by atoms with Crippen molar-refractivity contribution >= 4 is 11.7 Å². The molecule has 0 radical (unpaired) electrons. The van der Waals surface area contributed by atoms with Crippen LogP contribution < -0.4 is 10.2 Å². The van der Waals surface area contributed by atoms with Crippen LogP contribution in [0.3, 0.4) is 0 Å². The zero-order valence-electron chi connectivity index (χ0n) is 15.3. The second-order valence-electron chi connectivity index (χ2n) is 6.11. The number of carbonyl (C=O) groups is 1. The summed E-state index contributed by atoms with van der Waals surface area (Å²) < 4.78 is 25.1. The fourth-order valence-corrected chi connectivity index (χ4v) is 2.88. The number of carbonyl (C=O) groups excluding carboxylic acids is 1. The van der Waals surface area contributed by atoms with E-state index in [-0.39, 0.29) is 29.6 Å². The number of aliphatic hydroxyl groups excluding tert-OH is 1. The molecule has 7 nitrogen and oxygen atoms in total. The molecule has 0 saturated carbocycles. The van der Waals surface area contributed by atoms with Crippen LogP contribution in [-0.2, 0) is 11.2 Å². The predicted molar refractivity (Wildman–Crippen MR) is 98.8 cm³/mol. The van der Waals surface area contributed by atoms with Gasteiger partial charge in [-0.15, -0.1) is 10.2 Å². The molecule has 2 N–H and O–H groups in total. The van der Waals surface area contributed by atoms with Gasteiger partial charge >= 0.3 is 0 Å². The molecule has 1 amide bonds. The molecule has 0 bridgehead atoms. The van der Waals surface area contributed by atoms with Gasteiger partial charge in [-0.2, -0.15) is 5.26 Å². The Kier molecular flexibility index (Phi) is 7.77. The number of nitrogens with one attached hydrogen (secondary N) is 1. The van der Waals surface area contributed by atoms with Gasteiger partial charge in [0.05, 0.1) is 6.42 Å². The van der Waals surface area contributed by atoms with Crippen LogP contribution in [-0.4, -0.2) is 47.5 Å². The van der Waals surface area contributed by atoms with Crippen LogP contribution in [0.15, 0.2) is 36.4 Å². The summed E-state index contributed by atoms with van der Waals surface area (Å²) in [4.78, 5) is 14.2. The number of benzene rings is 1. The molecule has 1 aliphatic rings. The summed E-state index contributed by atoms with van der Waals surface area (Å²) in [5.41, 5.74) is 0.902. The molecule has 1 aliphatic heterocycles. The molecular formula is C19H21F2N5O2. The summed E-state index contributed by atoms with van der Waals surface area (Å²) in [6.45, 7) is 1.34. The first-order valence-electron chi connectivity index (χ1n) is 8.65. The number of hydrogen-bond acceptors (Lipinski definition) is 6. The highest BCUT2D eigenvalue weighted by atomic mass is 19.3. The number of amides is 1. The van der Waals surface area contributed by atoms with E-state index in [1.54, 1.807) is 24.3 Å². The second kappa shape index (κ2) is 10.3. The van der Waals surface area contributed by atoms with E-state index in [1.165, 1.54) is 12.1 Å². The molecule has 2 aromatic rings. The first-order valence-corrected chi connectivity index (χ1v) is 8.65. The van der Waals surface area contributed by atoms with E-state index in [4.69, 9.17) is 10.4 Å². The Hall–Kier alpha value is -3.12. The number of halogens is 2. The monoisotopic (exact) mass is 389 g/mol. The van der Waals surface area contributed by atoms with Gasteiger partial charge in [-0.25, -0.2) is 8.78 Å². The number of alkyl halides is 2.